The largest absolute Gasteiger partial charge is 0.393 e. The lowest BCUT2D eigenvalue weighted by Crippen LogP contribution is -2.17. The van der Waals surface area contributed by atoms with Gasteiger partial charge in [-0.15, -0.1) is 0 Å². The van der Waals surface area contributed by atoms with Crippen LogP contribution in [0.15, 0.2) is 0 Å². The number of aliphatic hydroxyl groups excluding tert-OH is 1. The van der Waals surface area contributed by atoms with Gasteiger partial charge in [0.1, 0.15) is 0 Å². The molecule has 0 aromatic heterocycles. The molecule has 0 aliphatic carbocycles. The highest BCUT2D eigenvalue weighted by molar-refractivity contribution is 4.64. The average Bonchev–Trinajstić information content (AvgIpc) is 2.32. The van der Waals surface area contributed by atoms with E-state index in [-0.39, 0.29) is 6.10 Å². The molecule has 0 spiro atoms. The molecule has 2 atom stereocenters. The van der Waals surface area contributed by atoms with Gasteiger partial charge in [0.2, 0.25) is 0 Å². The van der Waals surface area contributed by atoms with Gasteiger partial charge in [-0.1, -0.05) is 78.6 Å². The van der Waals surface area contributed by atoms with Crippen LogP contribution < -0.4 is 0 Å². The van der Waals surface area contributed by atoms with Crippen LogP contribution in [-0.2, 0) is 0 Å². The van der Waals surface area contributed by atoms with E-state index in [1.807, 2.05) is 0 Å². The maximum Gasteiger partial charge on any atom is 0.0565 e. The van der Waals surface area contributed by atoms with Crippen molar-refractivity contribution in [3.8, 4) is 0 Å². The highest BCUT2D eigenvalue weighted by atomic mass is 16.3. The molecule has 2 unspecified atom stereocenters. The van der Waals surface area contributed by atoms with Gasteiger partial charge in [0.15, 0.2) is 0 Å². The summed E-state index contributed by atoms with van der Waals surface area (Å²) in [5.74, 6) is 0.490. The molecule has 0 amide bonds. The van der Waals surface area contributed by atoms with E-state index < -0.39 is 0 Å². The minimum Gasteiger partial charge on any atom is -0.393 e. The standard InChI is InChI=1S/C16H34O/c1-4-6-7-8-9-10-11-12-14-16(17)15(3)13-5-2/h15-17H,4-14H2,1-3H3. The van der Waals surface area contributed by atoms with Crippen molar-refractivity contribution < 1.29 is 5.11 Å². The molecule has 1 N–H and O–H groups in total. The van der Waals surface area contributed by atoms with E-state index in [2.05, 4.69) is 20.8 Å². The summed E-state index contributed by atoms with van der Waals surface area (Å²) in [4.78, 5) is 0. The third kappa shape index (κ3) is 10.8. The lowest BCUT2D eigenvalue weighted by atomic mass is 9.95. The summed E-state index contributed by atoms with van der Waals surface area (Å²) in [5.41, 5.74) is 0. The highest BCUT2D eigenvalue weighted by Gasteiger charge is 2.12. The predicted molar refractivity (Wildman–Crippen MR) is 77.3 cm³/mol. The summed E-state index contributed by atoms with van der Waals surface area (Å²) in [6.07, 6.45) is 14.1. The molecule has 0 fully saturated rings. The summed E-state index contributed by atoms with van der Waals surface area (Å²) >= 11 is 0. The van der Waals surface area contributed by atoms with Gasteiger partial charge in [0.05, 0.1) is 6.10 Å². The first-order chi connectivity index (χ1) is 8.22. The van der Waals surface area contributed by atoms with Gasteiger partial charge in [-0.2, -0.15) is 0 Å². The fraction of sp³-hybridized carbons (Fsp3) is 1.00. The number of unbranched alkanes of at least 4 members (excludes halogenated alkanes) is 7. The van der Waals surface area contributed by atoms with Crippen molar-refractivity contribution in [3.05, 3.63) is 0 Å². The van der Waals surface area contributed by atoms with Crippen LogP contribution in [0.3, 0.4) is 0 Å². The topological polar surface area (TPSA) is 20.2 Å². The van der Waals surface area contributed by atoms with E-state index in [1.165, 1.54) is 57.8 Å². The second-order valence-electron chi connectivity index (χ2n) is 5.60. The van der Waals surface area contributed by atoms with Crippen molar-refractivity contribution in [2.45, 2.75) is 97.5 Å². The molecule has 0 aliphatic heterocycles. The van der Waals surface area contributed by atoms with Crippen LogP contribution in [0.1, 0.15) is 91.4 Å². The zero-order valence-electron chi connectivity index (χ0n) is 12.4. The second kappa shape index (κ2) is 12.4. The lowest BCUT2D eigenvalue weighted by Gasteiger charge is -2.17. The number of aliphatic hydroxyl groups is 1. The van der Waals surface area contributed by atoms with Gasteiger partial charge < -0.3 is 5.11 Å². The first-order valence-corrected chi connectivity index (χ1v) is 7.90. The van der Waals surface area contributed by atoms with E-state index in [9.17, 15) is 5.11 Å². The maximum absolute atomic E-state index is 9.92. The molecule has 0 heterocycles. The fourth-order valence-electron chi connectivity index (χ4n) is 2.42. The van der Waals surface area contributed by atoms with Crippen LogP contribution in [0.2, 0.25) is 0 Å². The molecule has 0 bridgehead atoms. The lowest BCUT2D eigenvalue weighted by molar-refractivity contribution is 0.0996. The van der Waals surface area contributed by atoms with Gasteiger partial charge in [-0.05, 0) is 18.8 Å². The molecule has 104 valence electrons. The van der Waals surface area contributed by atoms with E-state index in [0.717, 1.165) is 12.8 Å². The van der Waals surface area contributed by atoms with Gasteiger partial charge in [0, 0.05) is 0 Å². The van der Waals surface area contributed by atoms with Crippen molar-refractivity contribution >= 4 is 0 Å². The highest BCUT2D eigenvalue weighted by Crippen LogP contribution is 2.17. The van der Waals surface area contributed by atoms with Crippen molar-refractivity contribution in [1.82, 2.24) is 0 Å². The summed E-state index contributed by atoms with van der Waals surface area (Å²) in [5, 5.41) is 9.92. The van der Waals surface area contributed by atoms with Gasteiger partial charge in [-0.3, -0.25) is 0 Å². The second-order valence-corrected chi connectivity index (χ2v) is 5.60. The molecule has 0 aromatic rings. The molecule has 1 heteroatoms. The minimum absolute atomic E-state index is 0.0601. The van der Waals surface area contributed by atoms with Crippen LogP contribution in [0.5, 0.6) is 0 Å². The van der Waals surface area contributed by atoms with Crippen LogP contribution >= 0.6 is 0 Å². The van der Waals surface area contributed by atoms with Crippen LogP contribution in [0.4, 0.5) is 0 Å². The minimum atomic E-state index is -0.0601. The molecule has 0 aliphatic rings. The molecule has 0 saturated carbocycles. The van der Waals surface area contributed by atoms with Crippen LogP contribution in [0, 0.1) is 5.92 Å². The molecular formula is C16H34O. The molecule has 0 saturated heterocycles. The van der Waals surface area contributed by atoms with E-state index in [1.54, 1.807) is 0 Å². The predicted octanol–water partition coefficient (Wildman–Crippen LogP) is 5.31. The summed E-state index contributed by atoms with van der Waals surface area (Å²) in [6.45, 7) is 6.64. The summed E-state index contributed by atoms with van der Waals surface area (Å²) < 4.78 is 0. The number of rotatable bonds is 12. The fourth-order valence-corrected chi connectivity index (χ4v) is 2.42. The Bertz CT molecular complexity index is 144. The molecular weight excluding hydrogens is 208 g/mol. The average molecular weight is 242 g/mol. The first kappa shape index (κ1) is 17.0. The van der Waals surface area contributed by atoms with Crippen LogP contribution in [0.25, 0.3) is 0 Å². The van der Waals surface area contributed by atoms with Crippen molar-refractivity contribution in [1.29, 1.82) is 0 Å². The third-order valence-corrected chi connectivity index (χ3v) is 3.75. The molecule has 0 aromatic carbocycles. The molecule has 0 rings (SSSR count). The SMILES string of the molecule is CCCCCCCCCCC(O)C(C)CCC. The Hall–Kier alpha value is -0.0400. The number of hydrogen-bond acceptors (Lipinski definition) is 1. The Morgan fingerprint density at radius 1 is 0.706 bits per heavy atom. The smallest absolute Gasteiger partial charge is 0.0565 e. The number of hydrogen-bond donors (Lipinski definition) is 1. The Kier molecular flexibility index (Phi) is 12.4. The Balaban J connectivity index is 3.21. The first-order valence-electron chi connectivity index (χ1n) is 7.90. The molecule has 1 nitrogen and oxygen atoms in total. The van der Waals surface area contributed by atoms with E-state index in [4.69, 9.17) is 0 Å². The van der Waals surface area contributed by atoms with Crippen molar-refractivity contribution in [2.75, 3.05) is 0 Å². The molecule has 0 radical (unpaired) electrons. The maximum atomic E-state index is 9.92. The zero-order chi connectivity index (χ0) is 12.9. The monoisotopic (exact) mass is 242 g/mol. The van der Waals surface area contributed by atoms with Crippen LogP contribution in [-0.4, -0.2) is 11.2 Å². The van der Waals surface area contributed by atoms with Crippen molar-refractivity contribution in [3.63, 3.8) is 0 Å². The Labute approximate surface area is 109 Å². The third-order valence-electron chi connectivity index (χ3n) is 3.75. The van der Waals surface area contributed by atoms with E-state index in [0.29, 0.717) is 5.92 Å². The zero-order valence-corrected chi connectivity index (χ0v) is 12.4. The summed E-state index contributed by atoms with van der Waals surface area (Å²) in [6, 6.07) is 0. The normalized spacial score (nSPS) is 14.8. The Morgan fingerprint density at radius 3 is 1.76 bits per heavy atom. The molecule has 17 heavy (non-hydrogen) atoms. The van der Waals surface area contributed by atoms with Gasteiger partial charge >= 0.3 is 0 Å². The Morgan fingerprint density at radius 2 is 1.24 bits per heavy atom. The van der Waals surface area contributed by atoms with Gasteiger partial charge in [0.25, 0.3) is 0 Å². The van der Waals surface area contributed by atoms with Crippen molar-refractivity contribution in [2.24, 2.45) is 5.92 Å². The summed E-state index contributed by atoms with van der Waals surface area (Å²) in [7, 11) is 0. The van der Waals surface area contributed by atoms with Gasteiger partial charge in [-0.25, -0.2) is 0 Å². The van der Waals surface area contributed by atoms with E-state index >= 15 is 0 Å². The quantitative estimate of drug-likeness (QED) is 0.460.